The van der Waals surface area contributed by atoms with Crippen LogP contribution in [0.4, 0.5) is 10.2 Å². The van der Waals surface area contributed by atoms with Crippen LogP contribution < -0.4 is 5.32 Å². The summed E-state index contributed by atoms with van der Waals surface area (Å²) in [6.07, 6.45) is 4.72. The average Bonchev–Trinajstić information content (AvgIpc) is 2.73. The van der Waals surface area contributed by atoms with Crippen molar-refractivity contribution >= 4 is 17.7 Å². The molecule has 0 atom stereocenters. The van der Waals surface area contributed by atoms with Crippen molar-refractivity contribution < 1.29 is 18.7 Å². The van der Waals surface area contributed by atoms with Crippen LogP contribution in [0.3, 0.4) is 0 Å². The number of methoxy groups -OCH3 is 1. The zero-order chi connectivity index (χ0) is 19.2. The van der Waals surface area contributed by atoms with E-state index >= 15 is 0 Å². The highest BCUT2D eigenvalue weighted by molar-refractivity contribution is 5.98. The molecule has 1 aromatic carbocycles. The highest BCUT2D eigenvalue weighted by Crippen LogP contribution is 2.20. The molecule has 1 saturated heterocycles. The summed E-state index contributed by atoms with van der Waals surface area (Å²) in [4.78, 5) is 30.5. The summed E-state index contributed by atoms with van der Waals surface area (Å²) in [6.45, 7) is 1.57. The Hall–Kier alpha value is -2.96. The Morgan fingerprint density at radius 2 is 2.00 bits per heavy atom. The summed E-state index contributed by atoms with van der Waals surface area (Å²) in [5.74, 6) is -0.657. The van der Waals surface area contributed by atoms with E-state index in [1.165, 1.54) is 25.3 Å². The van der Waals surface area contributed by atoms with E-state index in [9.17, 15) is 14.0 Å². The van der Waals surface area contributed by atoms with Crippen molar-refractivity contribution in [2.24, 2.45) is 0 Å². The maximum absolute atomic E-state index is 14.1. The van der Waals surface area contributed by atoms with Crippen molar-refractivity contribution in [2.45, 2.75) is 25.8 Å². The number of anilines is 1. The molecule has 0 saturated carbocycles. The van der Waals surface area contributed by atoms with E-state index in [1.54, 1.807) is 18.3 Å². The van der Waals surface area contributed by atoms with Gasteiger partial charge in [-0.2, -0.15) is 0 Å². The lowest BCUT2D eigenvalue weighted by Crippen LogP contribution is -2.36. The van der Waals surface area contributed by atoms with E-state index in [4.69, 9.17) is 0 Å². The van der Waals surface area contributed by atoms with Gasteiger partial charge in [0.15, 0.2) is 0 Å². The number of aromatic nitrogens is 1. The molecule has 0 unspecified atom stereocenters. The molecule has 1 N–H and O–H groups in total. The molecular formula is C20H22FN3O3. The fourth-order valence-electron chi connectivity index (χ4n) is 3.12. The smallest absolute Gasteiger partial charge is 0.337 e. The number of carbonyl (C=O) groups excluding carboxylic acids is 2. The van der Waals surface area contributed by atoms with Crippen molar-refractivity contribution in [1.29, 1.82) is 0 Å². The van der Waals surface area contributed by atoms with Gasteiger partial charge in [-0.3, -0.25) is 4.79 Å². The largest absolute Gasteiger partial charge is 0.465 e. The number of rotatable bonds is 5. The predicted molar refractivity (Wildman–Crippen MR) is 99.1 cm³/mol. The highest BCUT2D eigenvalue weighted by atomic mass is 19.1. The van der Waals surface area contributed by atoms with Crippen LogP contribution in [0.15, 0.2) is 36.5 Å². The number of halogens is 1. The summed E-state index contributed by atoms with van der Waals surface area (Å²) < 4.78 is 18.8. The number of hydrogen-bond acceptors (Lipinski definition) is 5. The summed E-state index contributed by atoms with van der Waals surface area (Å²) in [7, 11) is 1.27. The van der Waals surface area contributed by atoms with Gasteiger partial charge in [0, 0.05) is 31.4 Å². The first-order chi connectivity index (χ1) is 13.1. The Bertz CT molecular complexity index is 835. The fraction of sp³-hybridized carbons (Fsp3) is 0.350. The van der Waals surface area contributed by atoms with Crippen molar-refractivity contribution in [1.82, 2.24) is 9.88 Å². The molecule has 3 rings (SSSR count). The van der Waals surface area contributed by atoms with Gasteiger partial charge in [0.1, 0.15) is 11.6 Å². The van der Waals surface area contributed by atoms with Crippen molar-refractivity contribution in [3.63, 3.8) is 0 Å². The van der Waals surface area contributed by atoms with Crippen LogP contribution in [-0.2, 0) is 11.3 Å². The number of nitrogens with zero attached hydrogens (tertiary/aromatic N) is 2. The molecule has 1 amide bonds. The van der Waals surface area contributed by atoms with Gasteiger partial charge >= 0.3 is 5.97 Å². The Balaban J connectivity index is 1.77. The van der Waals surface area contributed by atoms with Gasteiger partial charge in [-0.25, -0.2) is 14.2 Å². The molecule has 2 heterocycles. The van der Waals surface area contributed by atoms with Gasteiger partial charge in [-0.1, -0.05) is 0 Å². The van der Waals surface area contributed by atoms with Crippen LogP contribution >= 0.6 is 0 Å². The topological polar surface area (TPSA) is 71.5 Å². The van der Waals surface area contributed by atoms with Crippen LogP contribution in [0.5, 0.6) is 0 Å². The minimum Gasteiger partial charge on any atom is -0.465 e. The molecule has 142 valence electrons. The average molecular weight is 371 g/mol. The first kappa shape index (κ1) is 18.8. The molecule has 1 aliphatic rings. The Morgan fingerprint density at radius 3 is 2.74 bits per heavy atom. The maximum atomic E-state index is 14.1. The first-order valence-corrected chi connectivity index (χ1v) is 8.95. The standard InChI is InChI=1S/C20H22FN3O3/c1-27-20(26)14-7-8-17(21)15(12-14)13-23-18-16(6-5-9-22-18)19(25)24-10-3-2-4-11-24/h5-9,12H,2-4,10-11,13H2,1H3,(H,22,23). The zero-order valence-electron chi connectivity index (χ0n) is 15.2. The molecular weight excluding hydrogens is 349 g/mol. The molecule has 0 aliphatic carbocycles. The quantitative estimate of drug-likeness (QED) is 0.817. The molecule has 1 aromatic heterocycles. The van der Waals surface area contributed by atoms with Crippen LogP contribution in [0.25, 0.3) is 0 Å². The van der Waals surface area contributed by atoms with Crippen molar-refractivity contribution in [3.8, 4) is 0 Å². The third-order valence-corrected chi connectivity index (χ3v) is 4.59. The minimum atomic E-state index is -0.532. The van der Waals surface area contributed by atoms with E-state index in [2.05, 4.69) is 15.0 Å². The van der Waals surface area contributed by atoms with Crippen molar-refractivity contribution in [2.75, 3.05) is 25.5 Å². The zero-order valence-corrected chi connectivity index (χ0v) is 15.2. The normalized spacial score (nSPS) is 13.9. The van der Waals surface area contributed by atoms with Gasteiger partial charge in [0.25, 0.3) is 5.91 Å². The second kappa shape index (κ2) is 8.62. The molecule has 1 fully saturated rings. The lowest BCUT2D eigenvalue weighted by molar-refractivity contribution is 0.0600. The number of likely N-dealkylation sites (tertiary alicyclic amines) is 1. The summed E-state index contributed by atoms with van der Waals surface area (Å²) in [6, 6.07) is 7.45. The third-order valence-electron chi connectivity index (χ3n) is 4.59. The molecule has 7 heteroatoms. The van der Waals surface area contributed by atoms with Crippen LogP contribution in [-0.4, -0.2) is 42.0 Å². The number of ether oxygens (including phenoxy) is 1. The second-order valence-corrected chi connectivity index (χ2v) is 6.40. The van der Waals surface area contributed by atoms with Gasteiger partial charge in [-0.05, 0) is 49.6 Å². The van der Waals surface area contributed by atoms with E-state index in [-0.39, 0.29) is 18.0 Å². The number of hydrogen-bond donors (Lipinski definition) is 1. The molecule has 0 bridgehead atoms. The van der Waals surface area contributed by atoms with E-state index < -0.39 is 11.8 Å². The predicted octanol–water partition coefficient (Wildman–Crippen LogP) is 3.25. The monoisotopic (exact) mass is 371 g/mol. The Kier molecular flexibility index (Phi) is 6.01. The van der Waals surface area contributed by atoms with Gasteiger partial charge in [0.05, 0.1) is 18.2 Å². The SMILES string of the molecule is COC(=O)c1ccc(F)c(CNc2ncccc2C(=O)N2CCCCC2)c1. The van der Waals surface area contributed by atoms with Gasteiger partial charge in [-0.15, -0.1) is 0 Å². The van der Waals surface area contributed by atoms with Crippen LogP contribution in [0.2, 0.25) is 0 Å². The Morgan fingerprint density at radius 1 is 1.22 bits per heavy atom. The lowest BCUT2D eigenvalue weighted by atomic mass is 10.1. The van der Waals surface area contributed by atoms with E-state index in [0.29, 0.717) is 16.9 Å². The number of pyridine rings is 1. The number of amides is 1. The van der Waals surface area contributed by atoms with Gasteiger partial charge in [0.2, 0.25) is 0 Å². The van der Waals surface area contributed by atoms with Crippen molar-refractivity contribution in [3.05, 3.63) is 59.0 Å². The molecule has 1 aliphatic heterocycles. The number of piperidine rings is 1. The Labute approximate surface area is 157 Å². The first-order valence-electron chi connectivity index (χ1n) is 8.95. The second-order valence-electron chi connectivity index (χ2n) is 6.40. The summed E-state index contributed by atoms with van der Waals surface area (Å²) in [5.41, 5.74) is 1.02. The molecule has 27 heavy (non-hydrogen) atoms. The molecule has 2 aromatic rings. The minimum absolute atomic E-state index is 0.0749. The van der Waals surface area contributed by atoms with Crippen LogP contribution in [0.1, 0.15) is 45.5 Å². The molecule has 0 radical (unpaired) electrons. The number of esters is 1. The number of carbonyl (C=O) groups is 2. The molecule has 6 nitrogen and oxygen atoms in total. The van der Waals surface area contributed by atoms with E-state index in [1.807, 2.05) is 4.90 Å². The lowest BCUT2D eigenvalue weighted by Gasteiger charge is -2.27. The summed E-state index contributed by atoms with van der Waals surface area (Å²) in [5, 5.41) is 3.02. The van der Waals surface area contributed by atoms with E-state index in [0.717, 1.165) is 32.4 Å². The molecule has 0 spiro atoms. The van der Waals surface area contributed by atoms with Crippen LogP contribution in [0, 0.1) is 5.82 Å². The summed E-state index contributed by atoms with van der Waals surface area (Å²) >= 11 is 0. The number of nitrogens with one attached hydrogen (secondary N) is 1. The maximum Gasteiger partial charge on any atom is 0.337 e. The highest BCUT2D eigenvalue weighted by Gasteiger charge is 2.21. The number of benzene rings is 1. The third kappa shape index (κ3) is 4.42. The fourth-order valence-corrected chi connectivity index (χ4v) is 3.12. The van der Waals surface area contributed by atoms with Gasteiger partial charge < -0.3 is 15.0 Å².